The minimum absolute atomic E-state index is 0.00275. The zero-order valence-corrected chi connectivity index (χ0v) is 19.2. The lowest BCUT2D eigenvalue weighted by molar-refractivity contribution is -0.153. The van der Waals surface area contributed by atoms with Crippen LogP contribution in [0, 0.1) is 6.92 Å². The largest absolute Gasteiger partial charge is 0.497 e. The van der Waals surface area contributed by atoms with Crippen molar-refractivity contribution in [3.05, 3.63) is 81.2 Å². The summed E-state index contributed by atoms with van der Waals surface area (Å²) in [7, 11) is 1.50. The van der Waals surface area contributed by atoms with Crippen molar-refractivity contribution in [1.82, 2.24) is 9.55 Å². The van der Waals surface area contributed by atoms with Gasteiger partial charge in [0.15, 0.2) is 12.3 Å². The molecule has 4 aromatic rings. The Kier molecular flexibility index (Phi) is 6.16. The van der Waals surface area contributed by atoms with Gasteiger partial charge in [-0.15, -0.1) is 0 Å². The molecular formula is C24H18BrF3N2O3. The minimum Gasteiger partial charge on any atom is -0.497 e. The highest BCUT2D eigenvalue weighted by atomic mass is 79.9. The number of alkyl halides is 3. The van der Waals surface area contributed by atoms with E-state index in [9.17, 15) is 18.0 Å². The third-order valence-corrected chi connectivity index (χ3v) is 5.49. The summed E-state index contributed by atoms with van der Waals surface area (Å²) >= 11 is 3.37. The average molecular weight is 519 g/mol. The Morgan fingerprint density at radius 3 is 2.27 bits per heavy atom. The van der Waals surface area contributed by atoms with Crippen LogP contribution in [0.1, 0.15) is 5.69 Å². The molecular weight excluding hydrogens is 501 g/mol. The van der Waals surface area contributed by atoms with Crippen molar-refractivity contribution in [3.63, 3.8) is 0 Å². The predicted octanol–water partition coefficient (Wildman–Crippen LogP) is 6.07. The molecule has 0 amide bonds. The zero-order chi connectivity index (χ0) is 23.8. The first kappa shape index (κ1) is 22.8. The second-order valence-electron chi connectivity index (χ2n) is 7.28. The Bertz CT molecular complexity index is 1370. The number of pyridine rings is 2. The number of aromatic nitrogens is 2. The number of fused-ring (bicyclic) bond motifs is 1. The lowest BCUT2D eigenvalue weighted by Crippen LogP contribution is -2.25. The lowest BCUT2D eigenvalue weighted by Gasteiger charge is -2.19. The molecule has 0 spiro atoms. The molecule has 33 heavy (non-hydrogen) atoms. The monoisotopic (exact) mass is 518 g/mol. The Balaban J connectivity index is 2.09. The molecule has 0 aliphatic rings. The predicted molar refractivity (Wildman–Crippen MR) is 123 cm³/mol. The molecule has 0 unspecified atom stereocenters. The molecule has 2 aromatic carbocycles. The van der Waals surface area contributed by atoms with E-state index in [1.807, 2.05) is 0 Å². The highest BCUT2D eigenvalue weighted by molar-refractivity contribution is 9.10. The van der Waals surface area contributed by atoms with Crippen LogP contribution >= 0.6 is 15.9 Å². The van der Waals surface area contributed by atoms with Crippen molar-refractivity contribution in [2.45, 2.75) is 13.1 Å². The summed E-state index contributed by atoms with van der Waals surface area (Å²) in [5, 5.41) is 0.290. The van der Waals surface area contributed by atoms with E-state index in [0.29, 0.717) is 22.7 Å². The first-order valence-electron chi connectivity index (χ1n) is 9.84. The molecule has 9 heteroatoms. The standard InChI is InChI=1S/C24H18BrF3N2O3/c1-14-3-12-19-21(33-13-24(26,27)28)20(15-4-10-18(32-2)11-5-15)23(31)30(22(19)29-14)17-8-6-16(25)7-9-17/h3-12H,13H2,1-2H3. The highest BCUT2D eigenvalue weighted by Crippen LogP contribution is 2.36. The number of rotatable bonds is 5. The van der Waals surface area contributed by atoms with E-state index in [-0.39, 0.29) is 22.3 Å². The summed E-state index contributed by atoms with van der Waals surface area (Å²) in [6.45, 7) is 0.199. The molecule has 0 saturated heterocycles. The maximum atomic E-state index is 13.8. The van der Waals surface area contributed by atoms with Crippen molar-refractivity contribution in [3.8, 4) is 28.3 Å². The van der Waals surface area contributed by atoms with E-state index < -0.39 is 18.3 Å². The van der Waals surface area contributed by atoms with Crippen molar-refractivity contribution < 1.29 is 22.6 Å². The number of aryl methyl sites for hydroxylation is 1. The molecule has 0 atom stereocenters. The number of hydrogen-bond donors (Lipinski definition) is 0. The van der Waals surface area contributed by atoms with Gasteiger partial charge >= 0.3 is 6.18 Å². The van der Waals surface area contributed by atoms with E-state index >= 15 is 0 Å². The third-order valence-electron chi connectivity index (χ3n) is 4.96. The molecule has 2 heterocycles. The molecule has 0 fully saturated rings. The molecule has 0 aliphatic carbocycles. The topological polar surface area (TPSA) is 53.4 Å². The fraction of sp³-hybridized carbons (Fsp3) is 0.167. The van der Waals surface area contributed by atoms with Crippen LogP contribution in [0.5, 0.6) is 11.5 Å². The molecule has 2 aromatic heterocycles. The van der Waals surface area contributed by atoms with Gasteiger partial charge in [-0.2, -0.15) is 13.2 Å². The smallest absolute Gasteiger partial charge is 0.422 e. The lowest BCUT2D eigenvalue weighted by atomic mass is 10.0. The second-order valence-corrected chi connectivity index (χ2v) is 8.19. The average Bonchev–Trinajstić information content (AvgIpc) is 2.78. The first-order valence-corrected chi connectivity index (χ1v) is 10.6. The van der Waals surface area contributed by atoms with E-state index in [4.69, 9.17) is 9.47 Å². The summed E-state index contributed by atoms with van der Waals surface area (Å²) in [6, 6.07) is 16.7. The van der Waals surface area contributed by atoms with Crippen LogP contribution in [-0.4, -0.2) is 29.4 Å². The second kappa shape index (κ2) is 8.90. The molecule has 0 N–H and O–H groups in total. The van der Waals surface area contributed by atoms with E-state index in [1.165, 1.54) is 11.7 Å². The van der Waals surface area contributed by atoms with Gasteiger partial charge in [0.25, 0.3) is 5.56 Å². The number of halogens is 4. The zero-order valence-electron chi connectivity index (χ0n) is 17.6. The van der Waals surface area contributed by atoms with Crippen LogP contribution in [0.3, 0.4) is 0 Å². The molecule has 5 nitrogen and oxygen atoms in total. The van der Waals surface area contributed by atoms with Gasteiger partial charge in [-0.3, -0.25) is 9.36 Å². The van der Waals surface area contributed by atoms with Gasteiger partial charge in [-0.25, -0.2) is 4.98 Å². The maximum absolute atomic E-state index is 13.8. The SMILES string of the molecule is COc1ccc(-c2c(OCC(F)(F)F)c3ccc(C)nc3n(-c3ccc(Br)cc3)c2=O)cc1. The number of ether oxygens (including phenoxy) is 2. The Hall–Kier alpha value is -3.33. The summed E-state index contributed by atoms with van der Waals surface area (Å²) in [5.41, 5.74) is 1.17. The van der Waals surface area contributed by atoms with Crippen LogP contribution < -0.4 is 15.0 Å². The van der Waals surface area contributed by atoms with Crippen LogP contribution in [0.25, 0.3) is 27.8 Å². The molecule has 170 valence electrons. The molecule has 0 aliphatic heterocycles. The highest BCUT2D eigenvalue weighted by Gasteiger charge is 2.31. The van der Waals surface area contributed by atoms with Crippen LogP contribution in [0.15, 0.2) is 69.9 Å². The van der Waals surface area contributed by atoms with Crippen LogP contribution in [0.4, 0.5) is 13.2 Å². The quantitative estimate of drug-likeness (QED) is 0.321. The van der Waals surface area contributed by atoms with E-state index in [2.05, 4.69) is 20.9 Å². The summed E-state index contributed by atoms with van der Waals surface area (Å²) < 4.78 is 51.8. The van der Waals surface area contributed by atoms with E-state index in [0.717, 1.165) is 4.47 Å². The van der Waals surface area contributed by atoms with Gasteiger partial charge in [0, 0.05) is 10.2 Å². The Morgan fingerprint density at radius 1 is 1.00 bits per heavy atom. The van der Waals surface area contributed by atoms with Gasteiger partial charge < -0.3 is 9.47 Å². The van der Waals surface area contributed by atoms with Gasteiger partial charge in [0.05, 0.1) is 23.7 Å². The van der Waals surface area contributed by atoms with E-state index in [1.54, 1.807) is 67.6 Å². The van der Waals surface area contributed by atoms with Gasteiger partial charge in [-0.05, 0) is 61.0 Å². The van der Waals surface area contributed by atoms with Gasteiger partial charge in [-0.1, -0.05) is 28.1 Å². The van der Waals surface area contributed by atoms with Crippen molar-refractivity contribution in [2.24, 2.45) is 0 Å². The van der Waals surface area contributed by atoms with Crippen molar-refractivity contribution >= 4 is 27.0 Å². The fourth-order valence-corrected chi connectivity index (χ4v) is 3.74. The molecule has 0 saturated carbocycles. The van der Waals surface area contributed by atoms with Crippen LogP contribution in [0.2, 0.25) is 0 Å². The first-order chi connectivity index (χ1) is 15.7. The number of hydrogen-bond acceptors (Lipinski definition) is 4. The maximum Gasteiger partial charge on any atom is 0.422 e. The number of nitrogens with zero attached hydrogens (tertiary/aromatic N) is 2. The fourth-order valence-electron chi connectivity index (χ4n) is 3.48. The summed E-state index contributed by atoms with van der Waals surface area (Å²) in [5.74, 6) is 0.376. The minimum atomic E-state index is -4.58. The number of methoxy groups -OCH3 is 1. The summed E-state index contributed by atoms with van der Waals surface area (Å²) in [6.07, 6.45) is -4.58. The van der Waals surface area contributed by atoms with Gasteiger partial charge in [0.2, 0.25) is 0 Å². The van der Waals surface area contributed by atoms with Crippen LogP contribution in [-0.2, 0) is 0 Å². The Morgan fingerprint density at radius 2 is 1.67 bits per heavy atom. The molecule has 4 rings (SSSR count). The third kappa shape index (κ3) is 4.73. The molecule has 0 radical (unpaired) electrons. The summed E-state index contributed by atoms with van der Waals surface area (Å²) in [4.78, 5) is 18.3. The van der Waals surface area contributed by atoms with Crippen molar-refractivity contribution in [1.29, 1.82) is 0 Å². The number of benzene rings is 2. The normalized spacial score (nSPS) is 11.6. The molecule has 0 bridgehead atoms. The Labute approximate surface area is 195 Å². The van der Waals surface area contributed by atoms with Crippen molar-refractivity contribution in [2.75, 3.05) is 13.7 Å². The van der Waals surface area contributed by atoms with Gasteiger partial charge in [0.1, 0.15) is 11.5 Å².